The smallest absolute Gasteiger partial charge is 0.219 e. The molecule has 1 amide bonds. The lowest BCUT2D eigenvalue weighted by atomic mass is 10.0. The minimum atomic E-state index is 0. The van der Waals surface area contributed by atoms with Gasteiger partial charge in [-0.15, -0.1) is 24.0 Å². The van der Waals surface area contributed by atoms with Crippen LogP contribution in [0.25, 0.3) is 0 Å². The normalized spacial score (nSPS) is 21.7. The van der Waals surface area contributed by atoms with Gasteiger partial charge in [0.1, 0.15) is 0 Å². The highest BCUT2D eigenvalue weighted by atomic mass is 127. The first-order valence-corrected chi connectivity index (χ1v) is 9.05. The van der Waals surface area contributed by atoms with E-state index in [-0.39, 0.29) is 35.4 Å². The fourth-order valence-corrected chi connectivity index (χ4v) is 3.24. The molecule has 2 fully saturated rings. The number of rotatable bonds is 4. The fraction of sp³-hybridized carbons (Fsp3) is 0.882. The highest BCUT2D eigenvalue weighted by Crippen LogP contribution is 2.18. The third kappa shape index (κ3) is 6.56. The minimum absolute atomic E-state index is 0. The molecule has 1 N–H and O–H groups in total. The lowest BCUT2D eigenvalue weighted by Gasteiger charge is -2.42. The van der Waals surface area contributed by atoms with Crippen molar-refractivity contribution in [3.63, 3.8) is 0 Å². The van der Waals surface area contributed by atoms with Crippen molar-refractivity contribution in [1.82, 2.24) is 20.0 Å². The third-order valence-corrected chi connectivity index (χ3v) is 4.81. The van der Waals surface area contributed by atoms with E-state index in [1.165, 1.54) is 0 Å². The van der Waals surface area contributed by atoms with Gasteiger partial charge in [0.25, 0.3) is 0 Å². The maximum atomic E-state index is 11.5. The molecule has 0 unspecified atom stereocenters. The van der Waals surface area contributed by atoms with Crippen LogP contribution >= 0.6 is 24.0 Å². The van der Waals surface area contributed by atoms with Gasteiger partial charge in [-0.1, -0.05) is 0 Å². The van der Waals surface area contributed by atoms with Crippen molar-refractivity contribution >= 4 is 35.8 Å². The average molecular weight is 467 g/mol. The van der Waals surface area contributed by atoms with Crippen molar-refractivity contribution in [3.05, 3.63) is 0 Å². The van der Waals surface area contributed by atoms with E-state index in [0.717, 1.165) is 71.5 Å². The summed E-state index contributed by atoms with van der Waals surface area (Å²) in [6.45, 7) is 16.5. The maximum absolute atomic E-state index is 11.5. The number of amides is 1. The average Bonchev–Trinajstić information content (AvgIpc) is 2.55. The first-order valence-electron chi connectivity index (χ1n) is 9.05. The van der Waals surface area contributed by atoms with Gasteiger partial charge in [0, 0.05) is 58.3 Å². The van der Waals surface area contributed by atoms with E-state index >= 15 is 0 Å². The predicted octanol–water partition coefficient (Wildman–Crippen LogP) is 0.845. The molecule has 0 saturated carbocycles. The molecule has 2 saturated heterocycles. The van der Waals surface area contributed by atoms with Crippen LogP contribution in [0.15, 0.2) is 4.99 Å². The van der Waals surface area contributed by atoms with Crippen molar-refractivity contribution in [1.29, 1.82) is 0 Å². The van der Waals surface area contributed by atoms with E-state index in [4.69, 9.17) is 9.73 Å². The highest BCUT2D eigenvalue weighted by Gasteiger charge is 2.30. The number of carbonyl (C=O) groups excluding carboxylic acids is 1. The Morgan fingerprint density at radius 2 is 1.80 bits per heavy atom. The topological polar surface area (TPSA) is 60.4 Å². The largest absolute Gasteiger partial charge is 0.378 e. The Balaban J connectivity index is 0.00000312. The molecule has 0 atom stereocenters. The molecule has 2 aliphatic rings. The molecule has 2 rings (SSSR count). The molecule has 0 spiro atoms. The van der Waals surface area contributed by atoms with Crippen molar-refractivity contribution in [3.8, 4) is 0 Å². The summed E-state index contributed by atoms with van der Waals surface area (Å²) >= 11 is 0. The number of aliphatic imine (C=N–C) groups is 1. The van der Waals surface area contributed by atoms with Crippen molar-refractivity contribution in [2.75, 3.05) is 65.6 Å². The fourth-order valence-electron chi connectivity index (χ4n) is 3.24. The van der Waals surface area contributed by atoms with Crippen LogP contribution < -0.4 is 5.32 Å². The molecule has 25 heavy (non-hydrogen) atoms. The summed E-state index contributed by atoms with van der Waals surface area (Å²) in [4.78, 5) is 22.9. The SMILES string of the molecule is CCNC(=NCCN1CCOCC1(C)C)N1CCN(C(C)=O)CC1.I. The highest BCUT2D eigenvalue weighted by molar-refractivity contribution is 14.0. The van der Waals surface area contributed by atoms with Crippen molar-refractivity contribution in [2.45, 2.75) is 33.2 Å². The number of morpholine rings is 1. The summed E-state index contributed by atoms with van der Waals surface area (Å²) in [5.74, 6) is 1.12. The maximum Gasteiger partial charge on any atom is 0.219 e. The zero-order valence-corrected chi connectivity index (χ0v) is 18.4. The summed E-state index contributed by atoms with van der Waals surface area (Å²) in [5.41, 5.74) is 0.0826. The molecule has 7 nitrogen and oxygen atoms in total. The van der Waals surface area contributed by atoms with Gasteiger partial charge in [-0.25, -0.2) is 0 Å². The standard InChI is InChI=1S/C17H33N5O2.HI/c1-5-18-16(21-10-8-20(9-11-21)15(2)23)19-6-7-22-12-13-24-14-17(22,3)4;/h5-14H2,1-4H3,(H,18,19);1H. The third-order valence-electron chi connectivity index (χ3n) is 4.81. The van der Waals surface area contributed by atoms with Gasteiger partial charge in [0.05, 0.1) is 19.8 Å². The Labute approximate surface area is 169 Å². The second-order valence-electron chi connectivity index (χ2n) is 7.08. The molecule has 0 aromatic carbocycles. The summed E-state index contributed by atoms with van der Waals surface area (Å²) in [7, 11) is 0. The Bertz CT molecular complexity index is 450. The van der Waals surface area contributed by atoms with Crippen LogP contribution in [0.1, 0.15) is 27.7 Å². The zero-order valence-electron chi connectivity index (χ0n) is 16.1. The van der Waals surface area contributed by atoms with Crippen molar-refractivity contribution < 1.29 is 9.53 Å². The molecule has 0 aromatic heterocycles. The Hall–Kier alpha value is -0.610. The zero-order chi connectivity index (χ0) is 17.6. The Kier molecular flexibility index (Phi) is 9.44. The van der Waals surface area contributed by atoms with Gasteiger partial charge in [0.15, 0.2) is 5.96 Å². The van der Waals surface area contributed by atoms with Gasteiger partial charge < -0.3 is 19.9 Å². The summed E-state index contributed by atoms with van der Waals surface area (Å²) in [6.07, 6.45) is 0. The summed E-state index contributed by atoms with van der Waals surface area (Å²) in [5, 5.41) is 3.38. The predicted molar refractivity (Wildman–Crippen MR) is 112 cm³/mol. The Morgan fingerprint density at radius 3 is 2.36 bits per heavy atom. The van der Waals surface area contributed by atoms with Gasteiger partial charge in [0.2, 0.25) is 5.91 Å². The van der Waals surface area contributed by atoms with Crippen LogP contribution in [-0.4, -0.2) is 97.7 Å². The van der Waals surface area contributed by atoms with Crippen molar-refractivity contribution in [2.24, 2.45) is 4.99 Å². The van der Waals surface area contributed by atoms with Gasteiger partial charge >= 0.3 is 0 Å². The van der Waals surface area contributed by atoms with E-state index in [1.807, 2.05) is 4.90 Å². The summed E-state index contributed by atoms with van der Waals surface area (Å²) in [6, 6.07) is 0. The number of ether oxygens (including phenoxy) is 1. The van der Waals surface area contributed by atoms with E-state index in [0.29, 0.717) is 0 Å². The minimum Gasteiger partial charge on any atom is -0.378 e. The monoisotopic (exact) mass is 467 g/mol. The lowest BCUT2D eigenvalue weighted by Crippen LogP contribution is -2.54. The van der Waals surface area contributed by atoms with Crippen LogP contribution in [0.3, 0.4) is 0 Å². The number of hydrogen-bond acceptors (Lipinski definition) is 4. The molecule has 0 bridgehead atoms. The second-order valence-corrected chi connectivity index (χ2v) is 7.08. The number of guanidine groups is 1. The molecule has 2 heterocycles. The number of carbonyl (C=O) groups is 1. The molecule has 0 aromatic rings. The Morgan fingerprint density at radius 1 is 1.16 bits per heavy atom. The molecular weight excluding hydrogens is 433 g/mol. The van der Waals surface area contributed by atoms with E-state index < -0.39 is 0 Å². The number of nitrogens with zero attached hydrogens (tertiary/aromatic N) is 4. The summed E-state index contributed by atoms with van der Waals surface area (Å²) < 4.78 is 5.58. The van der Waals surface area contributed by atoms with E-state index in [1.54, 1.807) is 6.92 Å². The first-order chi connectivity index (χ1) is 11.4. The van der Waals surface area contributed by atoms with Gasteiger partial charge in [-0.05, 0) is 20.8 Å². The quantitative estimate of drug-likeness (QED) is 0.378. The molecule has 0 aliphatic carbocycles. The number of piperazine rings is 1. The van der Waals surface area contributed by atoms with E-state index in [9.17, 15) is 4.79 Å². The molecular formula is C17H34IN5O2. The van der Waals surface area contributed by atoms with Gasteiger partial charge in [-0.3, -0.25) is 14.7 Å². The number of hydrogen-bond donors (Lipinski definition) is 1. The van der Waals surface area contributed by atoms with Crippen LogP contribution in [0.2, 0.25) is 0 Å². The molecule has 0 radical (unpaired) electrons. The van der Waals surface area contributed by atoms with Crippen LogP contribution in [0.5, 0.6) is 0 Å². The molecule has 146 valence electrons. The van der Waals surface area contributed by atoms with Crippen LogP contribution in [-0.2, 0) is 9.53 Å². The van der Waals surface area contributed by atoms with Crippen LogP contribution in [0, 0.1) is 0 Å². The molecule has 8 heteroatoms. The second kappa shape index (κ2) is 10.5. The van der Waals surface area contributed by atoms with Gasteiger partial charge in [-0.2, -0.15) is 0 Å². The van der Waals surface area contributed by atoms with Crippen LogP contribution in [0.4, 0.5) is 0 Å². The lowest BCUT2D eigenvalue weighted by molar-refractivity contribution is -0.130. The first kappa shape index (κ1) is 22.4. The number of nitrogens with one attached hydrogen (secondary N) is 1. The number of halogens is 1. The molecule has 2 aliphatic heterocycles. The van der Waals surface area contributed by atoms with E-state index in [2.05, 4.69) is 35.9 Å².